The van der Waals surface area contributed by atoms with E-state index in [9.17, 15) is 0 Å². The zero-order chi connectivity index (χ0) is 14.7. The second-order valence-corrected chi connectivity index (χ2v) is 5.98. The summed E-state index contributed by atoms with van der Waals surface area (Å²) in [5, 5.41) is 0. The first-order chi connectivity index (χ1) is 10.2. The maximum atomic E-state index is 5.77. The van der Waals surface area contributed by atoms with Gasteiger partial charge in [0, 0.05) is 18.3 Å². The lowest BCUT2D eigenvalue weighted by Gasteiger charge is -2.29. The van der Waals surface area contributed by atoms with Gasteiger partial charge in [-0.15, -0.1) is 0 Å². The number of nitrogen functional groups attached to an aromatic ring is 1. The summed E-state index contributed by atoms with van der Waals surface area (Å²) in [6, 6.07) is 3.89. The number of aryl methyl sites for hydroxylation is 1. The molecule has 0 atom stereocenters. The van der Waals surface area contributed by atoms with Crippen molar-refractivity contribution < 1.29 is 0 Å². The lowest BCUT2D eigenvalue weighted by molar-refractivity contribution is 0.208. The van der Waals surface area contributed by atoms with Crippen molar-refractivity contribution in [1.82, 2.24) is 19.4 Å². The summed E-state index contributed by atoms with van der Waals surface area (Å²) < 4.78 is 2.23. The van der Waals surface area contributed by atoms with Gasteiger partial charge < -0.3 is 15.2 Å². The van der Waals surface area contributed by atoms with Crippen LogP contribution in [0, 0.1) is 5.92 Å². The molecule has 1 aliphatic rings. The van der Waals surface area contributed by atoms with Crippen LogP contribution in [0.2, 0.25) is 0 Å². The molecule has 5 heteroatoms. The summed E-state index contributed by atoms with van der Waals surface area (Å²) >= 11 is 0. The van der Waals surface area contributed by atoms with E-state index >= 15 is 0 Å². The van der Waals surface area contributed by atoms with Crippen molar-refractivity contribution >= 4 is 5.82 Å². The van der Waals surface area contributed by atoms with Crippen LogP contribution in [0.3, 0.4) is 0 Å². The molecule has 1 saturated heterocycles. The summed E-state index contributed by atoms with van der Waals surface area (Å²) in [7, 11) is 2.21. The highest BCUT2D eigenvalue weighted by Crippen LogP contribution is 2.24. The monoisotopic (exact) mass is 285 g/mol. The first kappa shape index (κ1) is 14.1. The number of pyridine rings is 1. The molecule has 1 fully saturated rings. The molecule has 5 nitrogen and oxygen atoms in total. The molecule has 2 aromatic rings. The fourth-order valence-corrected chi connectivity index (χ4v) is 3.02. The summed E-state index contributed by atoms with van der Waals surface area (Å²) in [6.07, 6.45) is 9.41. The van der Waals surface area contributed by atoms with Gasteiger partial charge in [0.05, 0.1) is 18.2 Å². The van der Waals surface area contributed by atoms with Crippen LogP contribution in [0.1, 0.15) is 19.3 Å². The van der Waals surface area contributed by atoms with Crippen molar-refractivity contribution in [3.8, 4) is 11.3 Å². The van der Waals surface area contributed by atoms with E-state index in [2.05, 4.69) is 26.5 Å². The van der Waals surface area contributed by atoms with Gasteiger partial charge in [-0.05, 0) is 57.5 Å². The Balaban J connectivity index is 1.66. The molecule has 112 valence electrons. The highest BCUT2D eigenvalue weighted by molar-refractivity contribution is 5.61. The van der Waals surface area contributed by atoms with E-state index in [1.807, 2.05) is 24.7 Å². The van der Waals surface area contributed by atoms with Crippen molar-refractivity contribution in [2.24, 2.45) is 5.92 Å². The zero-order valence-corrected chi connectivity index (χ0v) is 12.6. The Morgan fingerprint density at radius 2 is 2.14 bits per heavy atom. The molecular formula is C16H23N5. The largest absolute Gasteiger partial charge is 0.384 e. The van der Waals surface area contributed by atoms with Gasteiger partial charge in [-0.25, -0.2) is 9.97 Å². The number of anilines is 1. The van der Waals surface area contributed by atoms with E-state index in [1.165, 1.54) is 32.4 Å². The SMILES string of the molecule is CN1CCC(CCn2cncc2-c2ccnc(N)c2)CC1. The number of likely N-dealkylation sites (tertiary alicyclic amines) is 1. The maximum absolute atomic E-state index is 5.77. The number of nitrogens with two attached hydrogens (primary N) is 1. The summed E-state index contributed by atoms with van der Waals surface area (Å²) in [4.78, 5) is 10.8. The highest BCUT2D eigenvalue weighted by atomic mass is 15.1. The normalized spacial score (nSPS) is 17.2. The Labute approximate surface area is 125 Å². The van der Waals surface area contributed by atoms with Gasteiger partial charge in [-0.3, -0.25) is 0 Å². The highest BCUT2D eigenvalue weighted by Gasteiger charge is 2.17. The summed E-state index contributed by atoms with van der Waals surface area (Å²) in [6.45, 7) is 3.47. The van der Waals surface area contributed by atoms with E-state index in [1.54, 1.807) is 6.20 Å². The van der Waals surface area contributed by atoms with Crippen molar-refractivity contribution in [2.45, 2.75) is 25.8 Å². The average molecular weight is 285 g/mol. The second-order valence-electron chi connectivity index (χ2n) is 5.98. The number of hydrogen-bond donors (Lipinski definition) is 1. The van der Waals surface area contributed by atoms with Crippen LogP contribution in [0.4, 0.5) is 5.82 Å². The van der Waals surface area contributed by atoms with Gasteiger partial charge in [0.1, 0.15) is 5.82 Å². The Bertz CT molecular complexity index is 584. The van der Waals surface area contributed by atoms with Crippen molar-refractivity contribution in [3.63, 3.8) is 0 Å². The van der Waals surface area contributed by atoms with E-state index in [0.717, 1.165) is 23.7 Å². The van der Waals surface area contributed by atoms with Crippen LogP contribution in [-0.2, 0) is 6.54 Å². The summed E-state index contributed by atoms with van der Waals surface area (Å²) in [5.74, 6) is 1.38. The fourth-order valence-electron chi connectivity index (χ4n) is 3.02. The molecule has 21 heavy (non-hydrogen) atoms. The van der Waals surface area contributed by atoms with Crippen LogP contribution < -0.4 is 5.73 Å². The van der Waals surface area contributed by atoms with Crippen LogP contribution in [0.5, 0.6) is 0 Å². The molecule has 1 aliphatic heterocycles. The number of aromatic nitrogens is 3. The Hall–Kier alpha value is -1.88. The molecule has 0 saturated carbocycles. The average Bonchev–Trinajstić information content (AvgIpc) is 2.95. The molecule has 0 amide bonds. The first-order valence-electron chi connectivity index (χ1n) is 7.63. The Kier molecular flexibility index (Phi) is 4.20. The molecular weight excluding hydrogens is 262 g/mol. The van der Waals surface area contributed by atoms with E-state index in [-0.39, 0.29) is 0 Å². The Morgan fingerprint density at radius 3 is 2.90 bits per heavy atom. The minimum atomic E-state index is 0.551. The summed E-state index contributed by atoms with van der Waals surface area (Å²) in [5.41, 5.74) is 7.98. The maximum Gasteiger partial charge on any atom is 0.123 e. The van der Waals surface area contributed by atoms with Gasteiger partial charge in [0.2, 0.25) is 0 Å². The lowest BCUT2D eigenvalue weighted by Crippen LogP contribution is -2.30. The van der Waals surface area contributed by atoms with Gasteiger partial charge in [0.25, 0.3) is 0 Å². The molecule has 0 aromatic carbocycles. The van der Waals surface area contributed by atoms with Crippen molar-refractivity contribution in [3.05, 3.63) is 30.9 Å². The third-order valence-electron chi connectivity index (χ3n) is 4.41. The number of imidazole rings is 1. The van der Waals surface area contributed by atoms with Crippen LogP contribution in [0.15, 0.2) is 30.9 Å². The predicted molar refractivity (Wildman–Crippen MR) is 84.7 cm³/mol. The van der Waals surface area contributed by atoms with Crippen LogP contribution in [0.25, 0.3) is 11.3 Å². The van der Waals surface area contributed by atoms with Gasteiger partial charge in [0.15, 0.2) is 0 Å². The topological polar surface area (TPSA) is 60.0 Å². The minimum absolute atomic E-state index is 0.551. The molecule has 3 heterocycles. The predicted octanol–water partition coefficient (Wildman–Crippen LogP) is 2.26. The molecule has 0 unspecified atom stereocenters. The number of hydrogen-bond acceptors (Lipinski definition) is 4. The molecule has 2 aromatic heterocycles. The van der Waals surface area contributed by atoms with Gasteiger partial charge >= 0.3 is 0 Å². The van der Waals surface area contributed by atoms with E-state index in [0.29, 0.717) is 5.82 Å². The fraction of sp³-hybridized carbons (Fsp3) is 0.500. The molecule has 0 aliphatic carbocycles. The van der Waals surface area contributed by atoms with Crippen LogP contribution in [-0.4, -0.2) is 39.6 Å². The number of rotatable bonds is 4. The number of piperidine rings is 1. The quantitative estimate of drug-likeness (QED) is 0.936. The zero-order valence-electron chi connectivity index (χ0n) is 12.6. The van der Waals surface area contributed by atoms with Crippen molar-refractivity contribution in [1.29, 1.82) is 0 Å². The standard InChI is InChI=1S/C16H23N5/c1-20-7-3-13(4-8-20)5-9-21-12-18-11-15(21)14-2-6-19-16(17)10-14/h2,6,10-13H,3-5,7-9H2,1H3,(H2,17,19). The van der Waals surface area contributed by atoms with E-state index in [4.69, 9.17) is 5.73 Å². The van der Waals surface area contributed by atoms with E-state index < -0.39 is 0 Å². The Morgan fingerprint density at radius 1 is 1.33 bits per heavy atom. The molecule has 2 N–H and O–H groups in total. The molecule has 0 bridgehead atoms. The number of nitrogens with zero attached hydrogens (tertiary/aromatic N) is 4. The smallest absolute Gasteiger partial charge is 0.123 e. The van der Waals surface area contributed by atoms with Gasteiger partial charge in [-0.2, -0.15) is 0 Å². The third-order valence-corrected chi connectivity index (χ3v) is 4.41. The van der Waals surface area contributed by atoms with Gasteiger partial charge in [-0.1, -0.05) is 0 Å². The second kappa shape index (κ2) is 6.26. The molecule has 3 rings (SSSR count). The molecule has 0 radical (unpaired) electrons. The lowest BCUT2D eigenvalue weighted by atomic mass is 9.94. The minimum Gasteiger partial charge on any atom is -0.384 e. The first-order valence-corrected chi connectivity index (χ1v) is 7.63. The third kappa shape index (κ3) is 3.42. The molecule has 0 spiro atoms. The van der Waals surface area contributed by atoms with Crippen molar-refractivity contribution in [2.75, 3.05) is 25.9 Å². The van der Waals surface area contributed by atoms with Crippen LogP contribution >= 0.6 is 0 Å².